The lowest BCUT2D eigenvalue weighted by atomic mass is 10.2. The fraction of sp³-hybridized carbons (Fsp3) is 0.250. The second kappa shape index (κ2) is 4.37. The minimum atomic E-state index is -0.412. The van der Waals surface area contributed by atoms with Crippen LogP contribution in [0.1, 0.15) is 22.8 Å². The van der Waals surface area contributed by atoms with E-state index in [-0.39, 0.29) is 5.56 Å². The third kappa shape index (κ3) is 2.04. The fourth-order valence-corrected chi connectivity index (χ4v) is 1.51. The standard InChI is InChI=1S/C12H12N2O3/c1-3-17-12(16)9-4-5-14-10(6-9)13-7-8(2)11(14)15/h4-7H,3H2,1-2H3. The number of aryl methyl sites for hydroxylation is 1. The molecule has 0 N–H and O–H groups in total. The van der Waals surface area contributed by atoms with Gasteiger partial charge in [0, 0.05) is 18.0 Å². The van der Waals surface area contributed by atoms with E-state index in [1.807, 2.05) is 0 Å². The summed E-state index contributed by atoms with van der Waals surface area (Å²) in [6, 6.07) is 3.09. The number of rotatable bonds is 2. The summed E-state index contributed by atoms with van der Waals surface area (Å²) in [4.78, 5) is 27.3. The van der Waals surface area contributed by atoms with Gasteiger partial charge in [-0.15, -0.1) is 0 Å². The number of carbonyl (C=O) groups is 1. The monoisotopic (exact) mass is 232 g/mol. The summed E-state index contributed by atoms with van der Waals surface area (Å²) >= 11 is 0. The molecule has 17 heavy (non-hydrogen) atoms. The molecule has 2 aromatic heterocycles. The Labute approximate surface area is 97.7 Å². The molecule has 0 aromatic carbocycles. The highest BCUT2D eigenvalue weighted by molar-refractivity contribution is 5.90. The Balaban J connectivity index is 2.56. The third-order valence-electron chi connectivity index (χ3n) is 2.39. The van der Waals surface area contributed by atoms with Gasteiger partial charge in [0.1, 0.15) is 5.65 Å². The van der Waals surface area contributed by atoms with Gasteiger partial charge in [-0.3, -0.25) is 9.20 Å². The molecule has 0 amide bonds. The highest BCUT2D eigenvalue weighted by Crippen LogP contribution is 2.05. The number of aromatic nitrogens is 2. The van der Waals surface area contributed by atoms with Crippen molar-refractivity contribution in [3.8, 4) is 0 Å². The predicted octanol–water partition coefficient (Wildman–Crippen LogP) is 1.18. The van der Waals surface area contributed by atoms with Gasteiger partial charge < -0.3 is 4.74 Å². The van der Waals surface area contributed by atoms with Crippen molar-refractivity contribution in [2.24, 2.45) is 0 Å². The summed E-state index contributed by atoms with van der Waals surface area (Å²) in [5.41, 5.74) is 1.26. The van der Waals surface area contributed by atoms with Gasteiger partial charge in [-0.2, -0.15) is 0 Å². The minimum absolute atomic E-state index is 0.134. The van der Waals surface area contributed by atoms with Crippen molar-refractivity contribution in [1.29, 1.82) is 0 Å². The van der Waals surface area contributed by atoms with Crippen molar-refractivity contribution < 1.29 is 9.53 Å². The first-order valence-electron chi connectivity index (χ1n) is 5.28. The Morgan fingerprint density at radius 3 is 3.00 bits per heavy atom. The number of ether oxygens (including phenoxy) is 1. The summed E-state index contributed by atoms with van der Waals surface area (Å²) in [5.74, 6) is -0.412. The highest BCUT2D eigenvalue weighted by atomic mass is 16.5. The van der Waals surface area contributed by atoms with Gasteiger partial charge in [-0.25, -0.2) is 9.78 Å². The molecule has 0 atom stereocenters. The molecule has 88 valence electrons. The summed E-state index contributed by atoms with van der Waals surface area (Å²) in [6.45, 7) is 3.75. The van der Waals surface area contributed by atoms with Crippen molar-refractivity contribution in [3.05, 3.63) is 46.0 Å². The van der Waals surface area contributed by atoms with E-state index in [2.05, 4.69) is 4.98 Å². The fourth-order valence-electron chi connectivity index (χ4n) is 1.51. The van der Waals surface area contributed by atoms with Crippen molar-refractivity contribution in [2.45, 2.75) is 13.8 Å². The van der Waals surface area contributed by atoms with E-state index in [1.54, 1.807) is 26.0 Å². The Bertz CT molecular complexity index is 631. The van der Waals surface area contributed by atoms with Gasteiger partial charge >= 0.3 is 5.97 Å². The van der Waals surface area contributed by atoms with Crippen LogP contribution in [0, 0.1) is 6.92 Å². The molecule has 0 spiro atoms. The van der Waals surface area contributed by atoms with Gasteiger partial charge in [0.2, 0.25) is 0 Å². The van der Waals surface area contributed by atoms with E-state index >= 15 is 0 Å². The zero-order valence-electron chi connectivity index (χ0n) is 9.64. The van der Waals surface area contributed by atoms with Gasteiger partial charge in [0.25, 0.3) is 5.56 Å². The van der Waals surface area contributed by atoms with Crippen LogP contribution in [0.4, 0.5) is 0 Å². The topological polar surface area (TPSA) is 60.7 Å². The lowest BCUT2D eigenvalue weighted by Crippen LogP contribution is -2.17. The van der Waals surface area contributed by atoms with E-state index in [9.17, 15) is 9.59 Å². The van der Waals surface area contributed by atoms with Crippen molar-refractivity contribution >= 4 is 11.6 Å². The normalized spacial score (nSPS) is 10.5. The molecule has 0 aliphatic rings. The molecule has 5 heteroatoms. The molecule has 0 saturated heterocycles. The van der Waals surface area contributed by atoms with E-state index in [0.29, 0.717) is 23.4 Å². The zero-order valence-corrected chi connectivity index (χ0v) is 9.64. The lowest BCUT2D eigenvalue weighted by molar-refractivity contribution is 0.0526. The Kier molecular flexibility index (Phi) is 2.91. The van der Waals surface area contributed by atoms with Gasteiger partial charge in [0.05, 0.1) is 12.2 Å². The van der Waals surface area contributed by atoms with Crippen LogP contribution in [0.15, 0.2) is 29.3 Å². The Morgan fingerprint density at radius 2 is 2.29 bits per heavy atom. The first kappa shape index (κ1) is 11.3. The van der Waals surface area contributed by atoms with E-state index < -0.39 is 5.97 Å². The van der Waals surface area contributed by atoms with Crippen LogP contribution in [-0.2, 0) is 4.74 Å². The average molecular weight is 232 g/mol. The SMILES string of the molecule is CCOC(=O)c1ccn2c(=O)c(C)cnc2c1. The van der Waals surface area contributed by atoms with Gasteiger partial charge in [-0.1, -0.05) is 0 Å². The number of pyridine rings is 1. The molecule has 0 bridgehead atoms. The van der Waals surface area contributed by atoms with E-state index in [4.69, 9.17) is 4.74 Å². The van der Waals surface area contributed by atoms with Gasteiger partial charge in [0.15, 0.2) is 0 Å². The summed E-state index contributed by atoms with van der Waals surface area (Å²) in [5, 5.41) is 0. The molecule has 0 aliphatic heterocycles. The number of nitrogens with zero attached hydrogens (tertiary/aromatic N) is 2. The van der Waals surface area contributed by atoms with Crippen LogP contribution in [0.3, 0.4) is 0 Å². The van der Waals surface area contributed by atoms with E-state index in [1.165, 1.54) is 16.8 Å². The molecule has 2 heterocycles. The number of hydrogen-bond acceptors (Lipinski definition) is 4. The number of hydrogen-bond donors (Lipinski definition) is 0. The first-order chi connectivity index (χ1) is 8.13. The lowest BCUT2D eigenvalue weighted by Gasteiger charge is -2.04. The maximum Gasteiger partial charge on any atom is 0.338 e. The number of carbonyl (C=O) groups excluding carboxylic acids is 1. The quantitative estimate of drug-likeness (QED) is 0.729. The molecule has 0 fully saturated rings. The number of esters is 1. The second-order valence-corrected chi connectivity index (χ2v) is 3.61. The maximum atomic E-state index is 11.7. The molecule has 2 aromatic rings. The minimum Gasteiger partial charge on any atom is -0.462 e. The predicted molar refractivity (Wildman–Crippen MR) is 62.2 cm³/mol. The summed E-state index contributed by atoms with van der Waals surface area (Å²) in [6.07, 6.45) is 3.02. The van der Waals surface area contributed by atoms with Crippen molar-refractivity contribution in [2.75, 3.05) is 6.61 Å². The molecule has 2 rings (SSSR count). The van der Waals surface area contributed by atoms with Crippen LogP contribution in [-0.4, -0.2) is 22.0 Å². The van der Waals surface area contributed by atoms with E-state index in [0.717, 1.165) is 0 Å². The van der Waals surface area contributed by atoms with Gasteiger partial charge in [-0.05, 0) is 26.0 Å². The molecular weight excluding hydrogens is 220 g/mol. The first-order valence-corrected chi connectivity index (χ1v) is 5.28. The second-order valence-electron chi connectivity index (χ2n) is 3.61. The average Bonchev–Trinajstić information content (AvgIpc) is 2.34. The summed E-state index contributed by atoms with van der Waals surface area (Å²) < 4.78 is 6.28. The Hall–Kier alpha value is -2.17. The zero-order chi connectivity index (χ0) is 12.4. The molecule has 0 radical (unpaired) electrons. The largest absolute Gasteiger partial charge is 0.462 e. The molecule has 5 nitrogen and oxygen atoms in total. The number of fused-ring (bicyclic) bond motifs is 1. The highest BCUT2D eigenvalue weighted by Gasteiger charge is 2.08. The molecule has 0 aliphatic carbocycles. The Morgan fingerprint density at radius 1 is 1.53 bits per heavy atom. The van der Waals surface area contributed by atoms with Crippen LogP contribution in [0.5, 0.6) is 0 Å². The van der Waals surface area contributed by atoms with Crippen LogP contribution in [0.2, 0.25) is 0 Å². The van der Waals surface area contributed by atoms with Crippen LogP contribution < -0.4 is 5.56 Å². The van der Waals surface area contributed by atoms with Crippen molar-refractivity contribution in [3.63, 3.8) is 0 Å². The maximum absolute atomic E-state index is 11.7. The molecule has 0 unspecified atom stereocenters. The van der Waals surface area contributed by atoms with Crippen LogP contribution in [0.25, 0.3) is 5.65 Å². The molecule has 0 saturated carbocycles. The molecular formula is C12H12N2O3. The third-order valence-corrected chi connectivity index (χ3v) is 2.39. The summed E-state index contributed by atoms with van der Waals surface area (Å²) in [7, 11) is 0. The smallest absolute Gasteiger partial charge is 0.338 e. The van der Waals surface area contributed by atoms with Crippen molar-refractivity contribution in [1.82, 2.24) is 9.38 Å². The van der Waals surface area contributed by atoms with Crippen LogP contribution >= 0.6 is 0 Å².